The molecule has 0 atom stereocenters. The Hall–Kier alpha value is -1.56. The zero-order chi connectivity index (χ0) is 15.8. The highest BCUT2D eigenvalue weighted by molar-refractivity contribution is 7.89. The van der Waals surface area contributed by atoms with Gasteiger partial charge in [0.05, 0.1) is 22.6 Å². The summed E-state index contributed by atoms with van der Waals surface area (Å²) in [6.45, 7) is 0. The van der Waals surface area contributed by atoms with E-state index < -0.39 is 15.6 Å². The first-order chi connectivity index (χ1) is 10.5. The maximum absolute atomic E-state index is 12.6. The molecule has 1 fully saturated rings. The topological polar surface area (TPSA) is 55.4 Å². The van der Waals surface area contributed by atoms with E-state index in [9.17, 15) is 8.42 Å². The van der Waals surface area contributed by atoms with Crippen molar-refractivity contribution in [1.82, 2.24) is 4.72 Å². The maximum Gasteiger partial charge on any atom is 0.241 e. The third-order valence-corrected chi connectivity index (χ3v) is 5.67. The Balaban J connectivity index is 1.90. The summed E-state index contributed by atoms with van der Waals surface area (Å²) in [5, 5.41) is 0.273. The molecule has 1 aliphatic rings. The van der Waals surface area contributed by atoms with Gasteiger partial charge in [0.25, 0.3) is 0 Å². The van der Waals surface area contributed by atoms with E-state index in [1.807, 2.05) is 30.3 Å². The van der Waals surface area contributed by atoms with Crippen LogP contribution >= 0.6 is 11.6 Å². The van der Waals surface area contributed by atoms with Crippen molar-refractivity contribution in [3.8, 4) is 5.75 Å². The third kappa shape index (κ3) is 2.84. The summed E-state index contributed by atoms with van der Waals surface area (Å²) in [6, 6.07) is 14.1. The van der Waals surface area contributed by atoms with Crippen molar-refractivity contribution in [3.05, 3.63) is 59.1 Å². The molecule has 0 aliphatic heterocycles. The van der Waals surface area contributed by atoms with Crippen molar-refractivity contribution >= 4 is 21.6 Å². The second kappa shape index (κ2) is 5.57. The van der Waals surface area contributed by atoms with Crippen molar-refractivity contribution in [3.63, 3.8) is 0 Å². The maximum atomic E-state index is 12.6. The molecule has 2 aromatic rings. The summed E-state index contributed by atoms with van der Waals surface area (Å²) in [5.74, 6) is 0.449. The van der Waals surface area contributed by atoms with E-state index in [0.717, 1.165) is 18.4 Å². The summed E-state index contributed by atoms with van der Waals surface area (Å²) in [6.07, 6.45) is 1.58. The molecule has 0 bridgehead atoms. The van der Waals surface area contributed by atoms with Crippen molar-refractivity contribution in [2.45, 2.75) is 23.3 Å². The van der Waals surface area contributed by atoms with Crippen LogP contribution in [0.25, 0.3) is 0 Å². The van der Waals surface area contributed by atoms with E-state index >= 15 is 0 Å². The molecule has 0 saturated heterocycles. The summed E-state index contributed by atoms with van der Waals surface area (Å²) >= 11 is 6.02. The van der Waals surface area contributed by atoms with Crippen LogP contribution in [0, 0.1) is 0 Å². The van der Waals surface area contributed by atoms with Gasteiger partial charge in [-0.25, -0.2) is 13.1 Å². The summed E-state index contributed by atoms with van der Waals surface area (Å²) < 4.78 is 33.1. The van der Waals surface area contributed by atoms with Gasteiger partial charge in [-0.15, -0.1) is 0 Å². The summed E-state index contributed by atoms with van der Waals surface area (Å²) in [7, 11) is -2.15. The molecule has 22 heavy (non-hydrogen) atoms. The van der Waals surface area contributed by atoms with Crippen LogP contribution in [0.4, 0.5) is 0 Å². The predicted octanol–water partition coefficient (Wildman–Crippen LogP) is 3.32. The van der Waals surface area contributed by atoms with E-state index in [4.69, 9.17) is 16.3 Å². The van der Waals surface area contributed by atoms with Crippen LogP contribution in [0.1, 0.15) is 18.4 Å². The highest BCUT2D eigenvalue weighted by Gasteiger charge is 2.47. The van der Waals surface area contributed by atoms with E-state index in [-0.39, 0.29) is 9.92 Å². The van der Waals surface area contributed by atoms with Crippen molar-refractivity contribution in [2.24, 2.45) is 0 Å². The quantitative estimate of drug-likeness (QED) is 0.910. The van der Waals surface area contributed by atoms with Crippen LogP contribution in [-0.2, 0) is 15.6 Å². The number of rotatable bonds is 5. The first-order valence-electron chi connectivity index (χ1n) is 6.90. The zero-order valence-corrected chi connectivity index (χ0v) is 13.6. The van der Waals surface area contributed by atoms with Gasteiger partial charge >= 0.3 is 0 Å². The minimum atomic E-state index is -3.64. The minimum absolute atomic E-state index is 0.139. The number of benzene rings is 2. The van der Waals surface area contributed by atoms with Gasteiger partial charge in [-0.2, -0.15) is 0 Å². The van der Waals surface area contributed by atoms with Crippen LogP contribution in [0.2, 0.25) is 5.02 Å². The van der Waals surface area contributed by atoms with Gasteiger partial charge < -0.3 is 4.74 Å². The molecule has 6 heteroatoms. The lowest BCUT2D eigenvalue weighted by Crippen LogP contribution is -2.34. The molecule has 0 unspecified atom stereocenters. The van der Waals surface area contributed by atoms with Gasteiger partial charge in [0.1, 0.15) is 5.75 Å². The number of methoxy groups -OCH3 is 1. The largest absolute Gasteiger partial charge is 0.495 e. The lowest BCUT2D eigenvalue weighted by atomic mass is 10.1. The van der Waals surface area contributed by atoms with Crippen LogP contribution < -0.4 is 9.46 Å². The van der Waals surface area contributed by atoms with Crippen molar-refractivity contribution in [2.75, 3.05) is 7.11 Å². The Labute approximate surface area is 135 Å². The molecule has 0 heterocycles. The number of hydrogen-bond donors (Lipinski definition) is 1. The lowest BCUT2D eigenvalue weighted by Gasteiger charge is -2.18. The smallest absolute Gasteiger partial charge is 0.241 e. The molecule has 1 aliphatic carbocycles. The number of halogens is 1. The number of hydrogen-bond acceptors (Lipinski definition) is 3. The molecule has 2 aromatic carbocycles. The van der Waals surface area contributed by atoms with Gasteiger partial charge in [0.15, 0.2) is 0 Å². The fourth-order valence-corrected chi connectivity index (χ4v) is 4.26. The first-order valence-corrected chi connectivity index (χ1v) is 8.76. The molecule has 0 aromatic heterocycles. The third-order valence-electron chi connectivity index (χ3n) is 3.84. The van der Waals surface area contributed by atoms with Gasteiger partial charge in [0, 0.05) is 0 Å². The normalized spacial score (nSPS) is 16.3. The van der Waals surface area contributed by atoms with E-state index in [2.05, 4.69) is 4.72 Å². The van der Waals surface area contributed by atoms with Crippen LogP contribution in [0.3, 0.4) is 0 Å². The molecule has 1 saturated carbocycles. The molecule has 116 valence electrons. The van der Waals surface area contributed by atoms with Gasteiger partial charge in [-0.3, -0.25) is 0 Å². The second-order valence-electron chi connectivity index (χ2n) is 5.35. The average molecular weight is 338 g/mol. The molecule has 0 amide bonds. The fraction of sp³-hybridized carbons (Fsp3) is 0.250. The monoisotopic (exact) mass is 337 g/mol. The molecular weight excluding hydrogens is 322 g/mol. The SMILES string of the molecule is COc1ccc(S(=O)(=O)NC2(c3ccccc3)CC2)cc1Cl. The number of sulfonamides is 1. The second-order valence-corrected chi connectivity index (χ2v) is 7.44. The summed E-state index contributed by atoms with van der Waals surface area (Å²) in [4.78, 5) is 0.139. The average Bonchev–Trinajstić information content (AvgIpc) is 3.28. The van der Waals surface area contributed by atoms with E-state index in [1.54, 1.807) is 6.07 Å². The first kappa shape index (κ1) is 15.3. The number of nitrogens with one attached hydrogen (secondary N) is 1. The van der Waals surface area contributed by atoms with E-state index in [0.29, 0.717) is 5.75 Å². The Morgan fingerprint density at radius 2 is 1.82 bits per heavy atom. The van der Waals surface area contributed by atoms with Gasteiger partial charge in [-0.1, -0.05) is 41.9 Å². The molecule has 1 N–H and O–H groups in total. The fourth-order valence-electron chi connectivity index (χ4n) is 2.46. The summed E-state index contributed by atoms with van der Waals surface area (Å²) in [5.41, 5.74) is 0.491. The molecule has 0 radical (unpaired) electrons. The Morgan fingerprint density at radius 3 is 2.36 bits per heavy atom. The molecular formula is C16H16ClNO3S. The highest BCUT2D eigenvalue weighted by Crippen LogP contribution is 2.46. The predicted molar refractivity (Wildman–Crippen MR) is 85.7 cm³/mol. The van der Waals surface area contributed by atoms with Gasteiger partial charge in [-0.05, 0) is 36.6 Å². The molecule has 0 spiro atoms. The Kier molecular flexibility index (Phi) is 3.89. The Morgan fingerprint density at radius 1 is 1.14 bits per heavy atom. The molecule has 3 rings (SSSR count). The zero-order valence-electron chi connectivity index (χ0n) is 12.0. The Bertz CT molecular complexity index is 786. The standard InChI is InChI=1S/C16H16ClNO3S/c1-21-15-8-7-13(11-14(15)17)22(19,20)18-16(9-10-16)12-5-3-2-4-6-12/h2-8,11,18H,9-10H2,1H3. The van der Waals surface area contributed by atoms with Crippen LogP contribution in [0.5, 0.6) is 5.75 Å². The lowest BCUT2D eigenvalue weighted by molar-refractivity contribution is 0.414. The number of ether oxygens (including phenoxy) is 1. The van der Waals surface area contributed by atoms with Crippen molar-refractivity contribution in [1.29, 1.82) is 0 Å². The van der Waals surface area contributed by atoms with E-state index in [1.165, 1.54) is 19.2 Å². The molecule has 4 nitrogen and oxygen atoms in total. The van der Waals surface area contributed by atoms with Crippen molar-refractivity contribution < 1.29 is 13.2 Å². The van der Waals surface area contributed by atoms with Crippen LogP contribution in [-0.4, -0.2) is 15.5 Å². The van der Waals surface area contributed by atoms with Crippen LogP contribution in [0.15, 0.2) is 53.4 Å². The minimum Gasteiger partial charge on any atom is -0.495 e. The highest BCUT2D eigenvalue weighted by atomic mass is 35.5. The van der Waals surface area contributed by atoms with Gasteiger partial charge in [0.2, 0.25) is 10.0 Å².